The molecule has 1 saturated heterocycles. The van der Waals surface area contributed by atoms with Crippen molar-refractivity contribution in [3.05, 3.63) is 12.2 Å². The van der Waals surface area contributed by atoms with E-state index in [1.807, 2.05) is 13.8 Å². The second kappa shape index (κ2) is 10.6. The van der Waals surface area contributed by atoms with Crippen LogP contribution in [0.4, 0.5) is 0 Å². The third kappa shape index (κ3) is 6.65. The highest BCUT2D eigenvalue weighted by Crippen LogP contribution is 2.12. The fourth-order valence-electron chi connectivity index (χ4n) is 2.56. The van der Waals surface area contributed by atoms with E-state index < -0.39 is 48.4 Å². The van der Waals surface area contributed by atoms with Crippen LogP contribution in [0.25, 0.3) is 0 Å². The van der Waals surface area contributed by atoms with Crippen LogP contribution in [0.1, 0.15) is 26.7 Å². The molecule has 1 aliphatic rings. The Morgan fingerprint density at radius 1 is 1.23 bits per heavy atom. The summed E-state index contributed by atoms with van der Waals surface area (Å²) in [6.45, 7) is 3.87. The van der Waals surface area contributed by atoms with Gasteiger partial charge in [-0.05, 0) is 18.8 Å². The number of nitrogens with one attached hydrogen (secondary N) is 2. The lowest BCUT2D eigenvalue weighted by Gasteiger charge is -2.28. The molecule has 2 amide bonds. The molecule has 1 rings (SSSR count). The van der Waals surface area contributed by atoms with Gasteiger partial charge in [0.2, 0.25) is 5.91 Å². The number of ether oxygens (including phenoxy) is 1. The summed E-state index contributed by atoms with van der Waals surface area (Å²) in [7, 11) is 1.17. The number of carbonyl (C=O) groups is 2. The van der Waals surface area contributed by atoms with Gasteiger partial charge in [-0.3, -0.25) is 9.59 Å². The number of hydrogen-bond donors (Lipinski definition) is 6. The zero-order chi connectivity index (χ0) is 19.9. The van der Waals surface area contributed by atoms with Crippen LogP contribution in [-0.2, 0) is 14.3 Å². The van der Waals surface area contributed by atoms with Crippen LogP contribution in [0.3, 0.4) is 0 Å². The second-order valence-corrected chi connectivity index (χ2v) is 6.79. The number of allylic oxidation sites excluding steroid dienone is 1. The summed E-state index contributed by atoms with van der Waals surface area (Å²) in [5.41, 5.74) is 0. The highest BCUT2D eigenvalue weighted by atomic mass is 16.5. The van der Waals surface area contributed by atoms with Crippen molar-refractivity contribution in [2.24, 2.45) is 5.92 Å². The number of amides is 2. The smallest absolute Gasteiger partial charge is 0.252 e. The van der Waals surface area contributed by atoms with E-state index in [0.29, 0.717) is 6.42 Å². The summed E-state index contributed by atoms with van der Waals surface area (Å²) in [4.78, 5) is 24.3. The Hall–Kier alpha value is -1.52. The first-order valence-electron chi connectivity index (χ1n) is 8.68. The first-order valence-corrected chi connectivity index (χ1v) is 8.68. The maximum Gasteiger partial charge on any atom is 0.252 e. The first-order chi connectivity index (χ1) is 12.2. The number of aliphatic hydroxyl groups is 4. The minimum absolute atomic E-state index is 0.106. The van der Waals surface area contributed by atoms with Crippen molar-refractivity contribution < 1.29 is 34.8 Å². The van der Waals surface area contributed by atoms with E-state index >= 15 is 0 Å². The van der Waals surface area contributed by atoms with Gasteiger partial charge in [0.25, 0.3) is 5.91 Å². The molecule has 9 heteroatoms. The normalized spacial score (nSPS) is 26.1. The molecule has 0 radical (unpaired) electrons. The summed E-state index contributed by atoms with van der Waals surface area (Å²) < 4.78 is 4.96. The van der Waals surface area contributed by atoms with Gasteiger partial charge < -0.3 is 35.8 Å². The molecular weight excluding hydrogens is 344 g/mol. The van der Waals surface area contributed by atoms with Crippen molar-refractivity contribution in [1.82, 2.24) is 10.6 Å². The lowest BCUT2D eigenvalue weighted by Crippen LogP contribution is -2.55. The van der Waals surface area contributed by atoms with E-state index in [1.54, 1.807) is 6.08 Å². The number of carbonyl (C=O) groups excluding carboxylic acids is 2. The zero-order valence-electron chi connectivity index (χ0n) is 15.3. The third-order valence-electron chi connectivity index (χ3n) is 4.15. The fourth-order valence-corrected chi connectivity index (χ4v) is 2.56. The minimum Gasteiger partial charge on any atom is -0.391 e. The molecule has 6 atom stereocenters. The lowest BCUT2D eigenvalue weighted by atomic mass is 10.00. The van der Waals surface area contributed by atoms with Crippen molar-refractivity contribution in [2.75, 3.05) is 13.7 Å². The van der Waals surface area contributed by atoms with Crippen LogP contribution >= 0.6 is 0 Å². The van der Waals surface area contributed by atoms with Crippen molar-refractivity contribution in [3.8, 4) is 0 Å². The Morgan fingerprint density at radius 3 is 2.46 bits per heavy atom. The molecule has 0 bridgehead atoms. The number of aliphatic hydroxyl groups excluding tert-OH is 4. The summed E-state index contributed by atoms with van der Waals surface area (Å²) in [5, 5.41) is 44.7. The average Bonchev–Trinajstić information content (AvgIpc) is 2.75. The summed E-state index contributed by atoms with van der Waals surface area (Å²) in [5.74, 6) is -1.10. The second-order valence-electron chi connectivity index (χ2n) is 6.79. The van der Waals surface area contributed by atoms with Gasteiger partial charge in [-0.25, -0.2) is 0 Å². The fraction of sp³-hybridized carbons (Fsp3) is 0.765. The molecule has 6 N–H and O–H groups in total. The Morgan fingerprint density at radius 2 is 1.88 bits per heavy atom. The van der Waals surface area contributed by atoms with Crippen LogP contribution in [0.2, 0.25) is 0 Å². The number of rotatable bonds is 8. The Labute approximate surface area is 153 Å². The van der Waals surface area contributed by atoms with Gasteiger partial charge in [-0.15, -0.1) is 0 Å². The molecule has 26 heavy (non-hydrogen) atoms. The van der Waals surface area contributed by atoms with Gasteiger partial charge in [0.05, 0.1) is 6.10 Å². The van der Waals surface area contributed by atoms with Gasteiger partial charge >= 0.3 is 0 Å². The summed E-state index contributed by atoms with van der Waals surface area (Å²) in [6, 6.07) is -0.882. The van der Waals surface area contributed by atoms with Crippen LogP contribution in [0.5, 0.6) is 0 Å². The van der Waals surface area contributed by atoms with E-state index in [2.05, 4.69) is 10.6 Å². The molecule has 9 nitrogen and oxygen atoms in total. The Kier molecular flexibility index (Phi) is 9.17. The van der Waals surface area contributed by atoms with Gasteiger partial charge in [0, 0.05) is 13.7 Å². The maximum absolute atomic E-state index is 12.4. The van der Waals surface area contributed by atoms with Gasteiger partial charge in [-0.1, -0.05) is 26.0 Å². The monoisotopic (exact) mass is 374 g/mol. The molecule has 0 aromatic heterocycles. The zero-order valence-corrected chi connectivity index (χ0v) is 15.3. The topological polar surface area (TPSA) is 148 Å². The standard InChI is InChI=1S/C17H30N2O7/c1-9(2)4-7-12(21)13(22)14(23)15(26-3)17(25)19-11-6-5-10(20)8-18-16(11)24/h4,7,9-15,20-23H,5-6,8H2,1-3H3,(H,18,24)(H,19,25). The van der Waals surface area contributed by atoms with Gasteiger partial charge in [0.15, 0.2) is 6.10 Å². The highest BCUT2D eigenvalue weighted by Gasteiger charge is 2.37. The summed E-state index contributed by atoms with van der Waals surface area (Å²) >= 11 is 0. The van der Waals surface area contributed by atoms with Crippen LogP contribution in [0.15, 0.2) is 12.2 Å². The predicted molar refractivity (Wildman–Crippen MR) is 93.0 cm³/mol. The molecule has 1 heterocycles. The molecule has 0 spiro atoms. The quantitative estimate of drug-likeness (QED) is 0.271. The third-order valence-corrected chi connectivity index (χ3v) is 4.15. The van der Waals surface area contributed by atoms with E-state index in [1.165, 1.54) is 13.2 Å². The first kappa shape index (κ1) is 22.5. The lowest BCUT2D eigenvalue weighted by molar-refractivity contribution is -0.150. The van der Waals surface area contributed by atoms with Crippen LogP contribution < -0.4 is 10.6 Å². The number of hydrogen-bond acceptors (Lipinski definition) is 7. The van der Waals surface area contributed by atoms with E-state index in [4.69, 9.17) is 4.74 Å². The Bertz CT molecular complexity index is 498. The van der Waals surface area contributed by atoms with Gasteiger partial charge in [-0.2, -0.15) is 0 Å². The predicted octanol–water partition coefficient (Wildman–Crippen LogP) is -1.95. The molecule has 0 saturated carbocycles. The molecule has 0 aliphatic carbocycles. The maximum atomic E-state index is 12.4. The van der Waals surface area contributed by atoms with Crippen molar-refractivity contribution in [1.29, 1.82) is 0 Å². The molecule has 1 fully saturated rings. The highest BCUT2D eigenvalue weighted by molar-refractivity contribution is 5.89. The van der Waals surface area contributed by atoms with Crippen LogP contribution in [-0.4, -0.2) is 82.5 Å². The van der Waals surface area contributed by atoms with E-state index in [-0.39, 0.29) is 18.9 Å². The molecular formula is C17H30N2O7. The largest absolute Gasteiger partial charge is 0.391 e. The van der Waals surface area contributed by atoms with E-state index in [9.17, 15) is 30.0 Å². The molecule has 6 unspecified atom stereocenters. The molecule has 0 aromatic rings. The minimum atomic E-state index is -1.70. The molecule has 1 aliphatic heterocycles. The van der Waals surface area contributed by atoms with Crippen LogP contribution in [0, 0.1) is 5.92 Å². The molecule has 0 aromatic carbocycles. The number of β-amino-alcohol motifs (C(OH)–C–C–N with tert-alkyl or cyclic N) is 1. The van der Waals surface area contributed by atoms with Crippen molar-refractivity contribution in [3.63, 3.8) is 0 Å². The summed E-state index contributed by atoms with van der Waals surface area (Å²) in [6.07, 6.45) is -3.35. The Balaban J connectivity index is 2.73. The average molecular weight is 374 g/mol. The van der Waals surface area contributed by atoms with Gasteiger partial charge in [0.1, 0.15) is 24.4 Å². The SMILES string of the molecule is COC(C(=O)NC1CCC(O)CNC1=O)C(O)C(O)C(O)C=CC(C)C. The molecule has 150 valence electrons. The van der Waals surface area contributed by atoms with Crippen molar-refractivity contribution >= 4 is 11.8 Å². The van der Waals surface area contributed by atoms with E-state index in [0.717, 1.165) is 0 Å². The number of methoxy groups -OCH3 is 1. The van der Waals surface area contributed by atoms with Crippen molar-refractivity contribution in [2.45, 2.75) is 63.3 Å².